The van der Waals surface area contributed by atoms with Crippen molar-refractivity contribution >= 4 is 22.0 Å². The van der Waals surface area contributed by atoms with Crippen molar-refractivity contribution in [2.45, 2.75) is 72.6 Å². The van der Waals surface area contributed by atoms with Crippen LogP contribution in [0.4, 0.5) is 8.78 Å². The Balaban J connectivity index is 3.37. The molecule has 0 unspecified atom stereocenters. The van der Waals surface area contributed by atoms with Gasteiger partial charge >= 0.3 is 144 Å². The first kappa shape index (κ1) is 20.4. The van der Waals surface area contributed by atoms with E-state index in [0.29, 0.717) is 3.58 Å². The van der Waals surface area contributed by atoms with E-state index in [4.69, 9.17) is 5.26 Å². The average Bonchev–Trinajstić information content (AvgIpc) is 2.54. The summed E-state index contributed by atoms with van der Waals surface area (Å²) < 4.78 is 33.0. The Bertz CT molecular complexity index is 492. The third-order valence-corrected chi connectivity index (χ3v) is 20.3. The number of hydrogen-bond donors (Lipinski definition) is 0. The second-order valence-electron chi connectivity index (χ2n) is 6.52. The fraction of sp³-hybridized carbons (Fsp3) is 0.632. The number of benzene rings is 1. The molecule has 0 radical (unpaired) electrons. The Morgan fingerprint density at radius 1 is 0.870 bits per heavy atom. The fourth-order valence-electron chi connectivity index (χ4n) is 3.44. The fourth-order valence-corrected chi connectivity index (χ4v) is 19.8. The van der Waals surface area contributed by atoms with Crippen LogP contribution in [0.25, 0.3) is 0 Å². The van der Waals surface area contributed by atoms with Crippen LogP contribution in [0.5, 0.6) is 0 Å². The molecule has 1 nitrogen and oxygen atoms in total. The summed E-state index contributed by atoms with van der Waals surface area (Å²) in [6.45, 7) is 6.42. The number of nitrogens with zero attached hydrogens (tertiary/aromatic N) is 1. The maximum absolute atomic E-state index is 14.7. The summed E-state index contributed by atoms with van der Waals surface area (Å²) in [5, 5.41) is 8.94. The van der Waals surface area contributed by atoms with Gasteiger partial charge in [0.25, 0.3) is 0 Å². The first-order valence-electron chi connectivity index (χ1n) is 8.94. The number of hydrogen-bond acceptors (Lipinski definition) is 1. The van der Waals surface area contributed by atoms with Crippen LogP contribution >= 0.6 is 0 Å². The van der Waals surface area contributed by atoms with Crippen molar-refractivity contribution in [1.29, 1.82) is 5.26 Å². The zero-order valence-corrected chi connectivity index (χ0v) is 17.6. The van der Waals surface area contributed by atoms with E-state index >= 15 is 0 Å². The van der Waals surface area contributed by atoms with Crippen molar-refractivity contribution in [2.24, 2.45) is 0 Å². The number of halogens is 2. The Kier molecular flexibility index (Phi) is 9.12. The van der Waals surface area contributed by atoms with Crippen LogP contribution in [-0.2, 0) is 0 Å². The van der Waals surface area contributed by atoms with Crippen molar-refractivity contribution in [1.82, 2.24) is 0 Å². The molecule has 0 heterocycles. The molecule has 0 aliphatic rings. The summed E-state index contributed by atoms with van der Waals surface area (Å²) in [5.74, 6) is -0.915. The molecule has 23 heavy (non-hydrogen) atoms. The standard InChI is InChI=1S/C7H2F2N.3C4H9.Sn/c8-6-1-5(4-10)2-7(9)3-6;3*1-3-4-2;/h1-2H;3*1,3-4H2,2H3;. The molecule has 0 atom stereocenters. The van der Waals surface area contributed by atoms with E-state index in [1.165, 1.54) is 12.1 Å². The Labute approximate surface area is 144 Å². The van der Waals surface area contributed by atoms with Gasteiger partial charge in [-0.1, -0.05) is 0 Å². The molecule has 0 saturated carbocycles. The summed E-state index contributed by atoms with van der Waals surface area (Å²) in [6, 6.07) is 4.35. The molecule has 0 aliphatic heterocycles. The number of rotatable bonds is 10. The summed E-state index contributed by atoms with van der Waals surface area (Å²) in [6.07, 6.45) is 6.37. The molecule has 1 rings (SSSR count). The zero-order chi connectivity index (χ0) is 17.3. The van der Waals surface area contributed by atoms with Gasteiger partial charge in [0.2, 0.25) is 0 Å². The second-order valence-corrected chi connectivity index (χ2v) is 19.5. The Hall–Kier alpha value is -0.631. The minimum absolute atomic E-state index is 0.0883. The van der Waals surface area contributed by atoms with Crippen molar-refractivity contribution in [3.8, 4) is 6.07 Å². The van der Waals surface area contributed by atoms with Crippen molar-refractivity contribution in [2.75, 3.05) is 0 Å². The van der Waals surface area contributed by atoms with Crippen molar-refractivity contribution < 1.29 is 8.78 Å². The third kappa shape index (κ3) is 5.45. The van der Waals surface area contributed by atoms with Crippen molar-refractivity contribution in [3.05, 3.63) is 29.3 Å². The molecular formula is C19H29F2NSn. The van der Waals surface area contributed by atoms with E-state index in [-0.39, 0.29) is 5.56 Å². The molecule has 1 aromatic rings. The van der Waals surface area contributed by atoms with E-state index < -0.39 is 30.0 Å². The van der Waals surface area contributed by atoms with Crippen LogP contribution in [-0.4, -0.2) is 18.4 Å². The van der Waals surface area contributed by atoms with Gasteiger partial charge < -0.3 is 0 Å². The first-order valence-corrected chi connectivity index (χ1v) is 16.4. The van der Waals surface area contributed by atoms with Crippen LogP contribution in [0.15, 0.2) is 12.1 Å². The molecule has 0 aromatic heterocycles. The van der Waals surface area contributed by atoms with Gasteiger partial charge in [-0.05, 0) is 0 Å². The summed E-state index contributed by atoms with van der Waals surface area (Å²) >= 11 is -3.13. The normalized spacial score (nSPS) is 11.5. The van der Waals surface area contributed by atoms with Crippen molar-refractivity contribution in [3.63, 3.8) is 0 Å². The zero-order valence-electron chi connectivity index (χ0n) is 14.7. The molecule has 0 amide bonds. The Morgan fingerprint density at radius 2 is 1.26 bits per heavy atom. The van der Waals surface area contributed by atoms with Gasteiger partial charge in [-0.3, -0.25) is 0 Å². The van der Waals surface area contributed by atoms with Gasteiger partial charge in [-0.25, -0.2) is 0 Å². The van der Waals surface area contributed by atoms with E-state index in [0.717, 1.165) is 51.8 Å². The molecular weight excluding hydrogens is 399 g/mol. The Morgan fingerprint density at radius 3 is 1.57 bits per heavy atom. The van der Waals surface area contributed by atoms with Gasteiger partial charge in [0.1, 0.15) is 0 Å². The number of nitriles is 1. The van der Waals surface area contributed by atoms with E-state index in [1.54, 1.807) is 0 Å². The molecule has 128 valence electrons. The number of unbranched alkanes of at least 4 members (excludes halogenated alkanes) is 3. The van der Waals surface area contributed by atoms with E-state index in [1.807, 2.05) is 6.07 Å². The maximum atomic E-state index is 14.7. The molecule has 0 aliphatic carbocycles. The quantitative estimate of drug-likeness (QED) is 0.427. The van der Waals surface area contributed by atoms with Gasteiger partial charge in [-0.2, -0.15) is 0 Å². The minimum atomic E-state index is -3.13. The molecule has 0 spiro atoms. The van der Waals surface area contributed by atoms with Crippen LogP contribution in [0.1, 0.15) is 64.9 Å². The van der Waals surface area contributed by atoms with Gasteiger partial charge in [0.05, 0.1) is 0 Å². The van der Waals surface area contributed by atoms with Crippen LogP contribution < -0.4 is 3.58 Å². The monoisotopic (exact) mass is 429 g/mol. The molecule has 1 aromatic carbocycles. The van der Waals surface area contributed by atoms with Gasteiger partial charge in [0.15, 0.2) is 0 Å². The van der Waals surface area contributed by atoms with E-state index in [9.17, 15) is 8.78 Å². The van der Waals surface area contributed by atoms with Gasteiger partial charge in [-0.15, -0.1) is 0 Å². The van der Waals surface area contributed by atoms with Crippen LogP contribution in [0.2, 0.25) is 13.3 Å². The summed E-state index contributed by atoms with van der Waals surface area (Å²) in [7, 11) is 0. The average molecular weight is 428 g/mol. The molecule has 0 bridgehead atoms. The predicted molar refractivity (Wildman–Crippen MR) is 95.6 cm³/mol. The van der Waals surface area contributed by atoms with Gasteiger partial charge in [0, 0.05) is 0 Å². The summed E-state index contributed by atoms with van der Waals surface area (Å²) in [4.78, 5) is 0. The van der Waals surface area contributed by atoms with E-state index in [2.05, 4.69) is 20.8 Å². The topological polar surface area (TPSA) is 23.8 Å². The molecule has 0 fully saturated rings. The predicted octanol–water partition coefficient (Wildman–Crippen LogP) is 5.89. The van der Waals surface area contributed by atoms with Crippen LogP contribution in [0.3, 0.4) is 0 Å². The second kappa shape index (κ2) is 10.3. The summed E-state index contributed by atoms with van der Waals surface area (Å²) in [5.41, 5.74) is 0.0883. The third-order valence-electron chi connectivity index (χ3n) is 4.73. The molecule has 4 heteroatoms. The van der Waals surface area contributed by atoms with Crippen LogP contribution in [0, 0.1) is 23.0 Å². The molecule has 0 N–H and O–H groups in total. The first-order chi connectivity index (χ1) is 11.0. The SMILES string of the molecule is CCC[CH2][Sn]([CH2]CCC)([CH2]CCC)[c]1c(F)cc(C#N)cc1F. The molecule has 0 saturated heterocycles.